The van der Waals surface area contributed by atoms with Gasteiger partial charge in [0.15, 0.2) is 5.82 Å². The zero-order valence-electron chi connectivity index (χ0n) is 18.4. The summed E-state index contributed by atoms with van der Waals surface area (Å²) in [7, 11) is 1.59. The third-order valence-corrected chi connectivity index (χ3v) is 6.94. The molecule has 0 spiro atoms. The SMILES string of the molecule is COc1ccc(-c2nc3s/c(=C4\C(=O)N(Cc5ccc(F)cc5)c5ccccc54)c(=O)n3n2)cc1. The van der Waals surface area contributed by atoms with Crippen LogP contribution in [0.2, 0.25) is 0 Å². The number of nitrogens with zero attached hydrogens (tertiary/aromatic N) is 4. The van der Waals surface area contributed by atoms with E-state index in [0.29, 0.717) is 37.9 Å². The fourth-order valence-corrected chi connectivity index (χ4v) is 5.17. The summed E-state index contributed by atoms with van der Waals surface area (Å²) in [6.45, 7) is 0.260. The number of hydrogen-bond donors (Lipinski definition) is 0. The highest BCUT2D eigenvalue weighted by Gasteiger charge is 2.34. The lowest BCUT2D eigenvalue weighted by Gasteiger charge is -2.17. The Hall–Kier alpha value is -4.37. The Bertz CT molecular complexity index is 1710. The molecule has 0 saturated heterocycles. The van der Waals surface area contributed by atoms with E-state index in [0.717, 1.165) is 22.5 Å². The minimum Gasteiger partial charge on any atom is -0.497 e. The van der Waals surface area contributed by atoms with Crippen LogP contribution in [0.25, 0.3) is 21.9 Å². The van der Waals surface area contributed by atoms with Gasteiger partial charge in [0.2, 0.25) is 4.96 Å². The average molecular weight is 485 g/mol. The number of carbonyl (C=O) groups excluding carboxylic acids is 1. The molecule has 5 aromatic rings. The van der Waals surface area contributed by atoms with E-state index in [2.05, 4.69) is 10.1 Å². The number of benzene rings is 3. The molecule has 0 aliphatic carbocycles. The molecule has 3 heterocycles. The maximum Gasteiger partial charge on any atom is 0.291 e. The molecule has 0 bridgehead atoms. The molecule has 172 valence electrons. The number of hydrogen-bond acceptors (Lipinski definition) is 6. The van der Waals surface area contributed by atoms with E-state index < -0.39 is 0 Å². The van der Waals surface area contributed by atoms with Crippen LogP contribution in [0, 0.1) is 5.82 Å². The number of thiazole rings is 1. The molecule has 1 aliphatic rings. The van der Waals surface area contributed by atoms with Crippen molar-refractivity contribution in [2.75, 3.05) is 12.0 Å². The van der Waals surface area contributed by atoms with Crippen LogP contribution in [0.15, 0.2) is 77.6 Å². The van der Waals surface area contributed by atoms with E-state index in [4.69, 9.17) is 4.74 Å². The minimum absolute atomic E-state index is 0.260. The lowest BCUT2D eigenvalue weighted by Crippen LogP contribution is -2.32. The smallest absolute Gasteiger partial charge is 0.291 e. The summed E-state index contributed by atoms with van der Waals surface area (Å²) in [6, 6.07) is 20.6. The summed E-state index contributed by atoms with van der Waals surface area (Å²) in [5.74, 6) is 0.506. The quantitative estimate of drug-likeness (QED) is 0.391. The summed E-state index contributed by atoms with van der Waals surface area (Å²) < 4.78 is 20.1. The third kappa shape index (κ3) is 3.48. The Labute approximate surface area is 202 Å². The number of carbonyl (C=O) groups is 1. The number of halogens is 1. The predicted octanol–water partition coefficient (Wildman–Crippen LogP) is 3.43. The van der Waals surface area contributed by atoms with Gasteiger partial charge in [-0.3, -0.25) is 9.59 Å². The van der Waals surface area contributed by atoms with E-state index in [9.17, 15) is 14.0 Å². The van der Waals surface area contributed by atoms with Gasteiger partial charge in [-0.1, -0.05) is 41.7 Å². The summed E-state index contributed by atoms with van der Waals surface area (Å²) in [5.41, 5.74) is 2.86. The van der Waals surface area contributed by atoms with Crippen molar-refractivity contribution < 1.29 is 13.9 Å². The molecule has 0 radical (unpaired) electrons. The van der Waals surface area contributed by atoms with Crippen molar-refractivity contribution >= 4 is 33.5 Å². The van der Waals surface area contributed by atoms with Gasteiger partial charge in [-0.25, -0.2) is 4.39 Å². The molecular weight excluding hydrogens is 467 g/mol. The van der Waals surface area contributed by atoms with Crippen LogP contribution in [-0.4, -0.2) is 27.6 Å². The molecule has 1 aliphatic heterocycles. The molecule has 2 aromatic heterocycles. The van der Waals surface area contributed by atoms with Crippen LogP contribution in [0.4, 0.5) is 10.1 Å². The lowest BCUT2D eigenvalue weighted by atomic mass is 10.1. The van der Waals surface area contributed by atoms with Crippen LogP contribution in [0.3, 0.4) is 0 Å². The average Bonchev–Trinajstić information content (AvgIpc) is 3.51. The maximum absolute atomic E-state index is 13.6. The molecule has 0 saturated carbocycles. The summed E-state index contributed by atoms with van der Waals surface area (Å²) in [6.07, 6.45) is 0. The molecule has 0 N–H and O–H groups in total. The summed E-state index contributed by atoms with van der Waals surface area (Å²) in [4.78, 5) is 33.4. The second-order valence-corrected chi connectivity index (χ2v) is 8.98. The van der Waals surface area contributed by atoms with Crippen molar-refractivity contribution in [3.05, 3.63) is 105 Å². The molecule has 35 heavy (non-hydrogen) atoms. The monoisotopic (exact) mass is 484 g/mol. The van der Waals surface area contributed by atoms with Gasteiger partial charge in [-0.15, -0.1) is 5.10 Å². The number of rotatable bonds is 4. The Morgan fingerprint density at radius 2 is 1.71 bits per heavy atom. The van der Waals surface area contributed by atoms with Gasteiger partial charge in [-0.2, -0.15) is 9.50 Å². The number of aromatic nitrogens is 3. The molecule has 1 amide bonds. The second-order valence-electron chi connectivity index (χ2n) is 8.00. The van der Waals surface area contributed by atoms with Crippen molar-refractivity contribution in [1.82, 2.24) is 14.6 Å². The van der Waals surface area contributed by atoms with Crippen LogP contribution >= 0.6 is 11.3 Å². The fraction of sp³-hybridized carbons (Fsp3) is 0.0769. The van der Waals surface area contributed by atoms with Crippen LogP contribution in [0.1, 0.15) is 11.1 Å². The number of anilines is 1. The van der Waals surface area contributed by atoms with Crippen molar-refractivity contribution in [3.8, 4) is 17.1 Å². The number of amides is 1. The highest BCUT2D eigenvalue weighted by molar-refractivity contribution is 7.15. The number of ether oxygens (including phenoxy) is 1. The molecule has 0 fully saturated rings. The Morgan fingerprint density at radius 3 is 2.43 bits per heavy atom. The molecule has 0 unspecified atom stereocenters. The zero-order valence-corrected chi connectivity index (χ0v) is 19.3. The first-order chi connectivity index (χ1) is 17.0. The summed E-state index contributed by atoms with van der Waals surface area (Å²) >= 11 is 1.14. The molecule has 9 heteroatoms. The van der Waals surface area contributed by atoms with Crippen molar-refractivity contribution in [2.45, 2.75) is 6.54 Å². The number of fused-ring (bicyclic) bond motifs is 2. The predicted molar refractivity (Wildman–Crippen MR) is 131 cm³/mol. The largest absolute Gasteiger partial charge is 0.497 e. The fourth-order valence-electron chi connectivity index (χ4n) is 4.18. The molecule has 0 atom stereocenters. The number of para-hydroxylation sites is 1. The van der Waals surface area contributed by atoms with E-state index in [1.807, 2.05) is 36.4 Å². The van der Waals surface area contributed by atoms with E-state index in [1.54, 1.807) is 36.3 Å². The number of methoxy groups -OCH3 is 1. The topological polar surface area (TPSA) is 76.8 Å². The zero-order chi connectivity index (χ0) is 24.1. The van der Waals surface area contributed by atoms with E-state index in [-0.39, 0.29) is 23.8 Å². The van der Waals surface area contributed by atoms with Crippen LogP contribution in [-0.2, 0) is 11.3 Å². The maximum atomic E-state index is 13.6. The van der Waals surface area contributed by atoms with Gasteiger partial charge in [-0.05, 0) is 48.0 Å². The first-order valence-electron chi connectivity index (χ1n) is 10.8. The van der Waals surface area contributed by atoms with Crippen molar-refractivity contribution in [1.29, 1.82) is 0 Å². The van der Waals surface area contributed by atoms with Crippen LogP contribution < -0.4 is 19.7 Å². The minimum atomic E-state index is -0.390. The van der Waals surface area contributed by atoms with Gasteiger partial charge in [0.25, 0.3) is 11.5 Å². The third-order valence-electron chi connectivity index (χ3n) is 5.91. The first kappa shape index (κ1) is 21.2. The van der Waals surface area contributed by atoms with E-state index >= 15 is 0 Å². The van der Waals surface area contributed by atoms with Crippen LogP contribution in [0.5, 0.6) is 5.75 Å². The standard InChI is InChI=1S/C26H17FN4O3S/c1-34-18-12-8-16(9-13-18)23-28-26-31(29-23)25(33)22(35-26)21-19-4-2-3-5-20(19)30(24(21)32)14-15-6-10-17(27)11-7-15/h2-13H,14H2,1H3/b22-21-. The van der Waals surface area contributed by atoms with Gasteiger partial charge >= 0.3 is 0 Å². The Balaban J connectivity index is 1.46. The normalized spacial score (nSPS) is 14.6. The van der Waals surface area contributed by atoms with Gasteiger partial charge in [0.1, 0.15) is 16.1 Å². The summed E-state index contributed by atoms with van der Waals surface area (Å²) in [5, 5.41) is 4.39. The molecular formula is C26H17FN4O3S. The Morgan fingerprint density at radius 1 is 0.971 bits per heavy atom. The van der Waals surface area contributed by atoms with Crippen molar-refractivity contribution in [3.63, 3.8) is 0 Å². The van der Waals surface area contributed by atoms with Crippen molar-refractivity contribution in [2.24, 2.45) is 0 Å². The van der Waals surface area contributed by atoms with Gasteiger partial charge < -0.3 is 9.64 Å². The lowest BCUT2D eigenvalue weighted by molar-refractivity contribution is -0.113. The highest BCUT2D eigenvalue weighted by atomic mass is 32.1. The molecule has 3 aromatic carbocycles. The Kier molecular flexibility index (Phi) is 4.93. The van der Waals surface area contributed by atoms with Gasteiger partial charge in [0, 0.05) is 11.1 Å². The molecule has 6 rings (SSSR count). The van der Waals surface area contributed by atoms with E-state index in [1.165, 1.54) is 16.6 Å². The van der Waals surface area contributed by atoms with Gasteiger partial charge in [0.05, 0.1) is 24.9 Å². The molecule has 7 nitrogen and oxygen atoms in total. The highest BCUT2D eigenvalue weighted by Crippen LogP contribution is 2.36. The first-order valence-corrected chi connectivity index (χ1v) is 11.6. The second kappa shape index (κ2) is 8.14.